The highest BCUT2D eigenvalue weighted by atomic mass is 19.1. The molecule has 0 aliphatic carbocycles. The van der Waals surface area contributed by atoms with Crippen LogP contribution in [0.25, 0.3) is 11.1 Å². The van der Waals surface area contributed by atoms with Gasteiger partial charge in [0, 0.05) is 19.2 Å². The van der Waals surface area contributed by atoms with E-state index in [1.807, 2.05) is 6.92 Å². The predicted octanol–water partition coefficient (Wildman–Crippen LogP) is 4.77. The number of carbonyl (C=O) groups is 2. The van der Waals surface area contributed by atoms with Crippen LogP contribution in [0.1, 0.15) is 44.7 Å². The molecule has 1 fully saturated rings. The number of ether oxygens (including phenoxy) is 2. The van der Waals surface area contributed by atoms with Gasteiger partial charge in [0.25, 0.3) is 0 Å². The summed E-state index contributed by atoms with van der Waals surface area (Å²) >= 11 is 0. The van der Waals surface area contributed by atoms with Crippen molar-refractivity contribution in [3.63, 3.8) is 0 Å². The molecule has 1 saturated heterocycles. The van der Waals surface area contributed by atoms with Crippen LogP contribution in [0.3, 0.4) is 0 Å². The first-order valence-electron chi connectivity index (χ1n) is 10.0. The van der Waals surface area contributed by atoms with Crippen LogP contribution >= 0.6 is 0 Å². The number of ketones is 2. The van der Waals surface area contributed by atoms with Crippen molar-refractivity contribution in [2.75, 3.05) is 13.7 Å². The fourth-order valence-corrected chi connectivity index (χ4v) is 4.26. The molecule has 0 saturated carbocycles. The van der Waals surface area contributed by atoms with E-state index in [9.17, 15) is 22.8 Å². The summed E-state index contributed by atoms with van der Waals surface area (Å²) in [6, 6.07) is 5.73. The monoisotopic (exact) mass is 434 g/mol. The van der Waals surface area contributed by atoms with E-state index in [0.717, 1.165) is 0 Å². The van der Waals surface area contributed by atoms with Crippen LogP contribution in [0, 0.1) is 17.5 Å². The topological polar surface area (TPSA) is 52.6 Å². The average molecular weight is 434 g/mol. The lowest BCUT2D eigenvalue weighted by Gasteiger charge is -2.44. The summed E-state index contributed by atoms with van der Waals surface area (Å²) in [5, 5.41) is 0. The molecular weight excluding hydrogens is 409 g/mol. The van der Waals surface area contributed by atoms with Crippen molar-refractivity contribution in [1.82, 2.24) is 0 Å². The number of rotatable bonds is 5. The lowest BCUT2D eigenvalue weighted by Crippen LogP contribution is -2.61. The normalized spacial score (nSPS) is 23.3. The summed E-state index contributed by atoms with van der Waals surface area (Å²) < 4.78 is 52.9. The van der Waals surface area contributed by atoms with Gasteiger partial charge in [-0.3, -0.25) is 9.59 Å². The SMILES string of the molecule is CCc1cc(-c2c(F)cc(F)cc2F)ccc1C1C(=O)C(C)(C)OC(C)(COC)C1=O. The minimum atomic E-state index is -1.32. The van der Waals surface area contributed by atoms with Crippen LogP contribution in [0.5, 0.6) is 0 Å². The highest BCUT2D eigenvalue weighted by molar-refractivity contribution is 6.15. The van der Waals surface area contributed by atoms with Crippen molar-refractivity contribution in [2.24, 2.45) is 0 Å². The Kier molecular flexibility index (Phi) is 6.13. The molecule has 2 atom stereocenters. The van der Waals surface area contributed by atoms with Gasteiger partial charge in [0.05, 0.1) is 12.2 Å². The van der Waals surface area contributed by atoms with Crippen molar-refractivity contribution in [3.8, 4) is 11.1 Å². The second-order valence-corrected chi connectivity index (χ2v) is 8.45. The first kappa shape index (κ1) is 23.2. The van der Waals surface area contributed by atoms with Crippen LogP contribution in [0.2, 0.25) is 0 Å². The second kappa shape index (κ2) is 8.20. The zero-order valence-electron chi connectivity index (χ0n) is 18.1. The van der Waals surface area contributed by atoms with Crippen molar-refractivity contribution >= 4 is 11.6 Å². The fraction of sp³-hybridized carbons (Fsp3) is 0.417. The zero-order chi connectivity index (χ0) is 23.1. The fourth-order valence-electron chi connectivity index (χ4n) is 4.26. The van der Waals surface area contributed by atoms with Crippen molar-refractivity contribution in [2.45, 2.75) is 51.2 Å². The van der Waals surface area contributed by atoms with Crippen molar-refractivity contribution in [1.29, 1.82) is 0 Å². The summed E-state index contributed by atoms with van der Waals surface area (Å²) in [4.78, 5) is 26.5. The Morgan fingerprint density at radius 3 is 2.16 bits per heavy atom. The first-order valence-corrected chi connectivity index (χ1v) is 10.0. The molecule has 2 aromatic rings. The molecule has 0 spiro atoms. The highest BCUT2D eigenvalue weighted by Crippen LogP contribution is 2.41. The van der Waals surface area contributed by atoms with E-state index in [4.69, 9.17) is 9.47 Å². The Morgan fingerprint density at radius 1 is 1.00 bits per heavy atom. The Labute approximate surface area is 179 Å². The summed E-state index contributed by atoms with van der Waals surface area (Å²) in [6.07, 6.45) is 0.410. The van der Waals surface area contributed by atoms with Gasteiger partial charge in [-0.1, -0.05) is 25.1 Å². The molecule has 1 aliphatic heterocycles. The van der Waals surface area contributed by atoms with Gasteiger partial charge >= 0.3 is 0 Å². The summed E-state index contributed by atoms with van der Waals surface area (Å²) in [5.41, 5.74) is -1.67. The third-order valence-electron chi connectivity index (χ3n) is 5.67. The summed E-state index contributed by atoms with van der Waals surface area (Å²) in [7, 11) is 1.44. The lowest BCUT2D eigenvalue weighted by molar-refractivity contribution is -0.195. The molecule has 0 aromatic heterocycles. The van der Waals surface area contributed by atoms with Crippen molar-refractivity contribution in [3.05, 3.63) is 58.9 Å². The van der Waals surface area contributed by atoms with Crippen LogP contribution in [0.15, 0.2) is 30.3 Å². The Morgan fingerprint density at radius 2 is 1.61 bits per heavy atom. The number of methoxy groups -OCH3 is 1. The van der Waals surface area contributed by atoms with E-state index >= 15 is 0 Å². The van der Waals surface area contributed by atoms with Crippen molar-refractivity contribution < 1.29 is 32.2 Å². The number of aryl methyl sites for hydroxylation is 1. The molecule has 0 radical (unpaired) electrons. The van der Waals surface area contributed by atoms with E-state index in [1.165, 1.54) is 25.3 Å². The quantitative estimate of drug-likeness (QED) is 0.637. The van der Waals surface area contributed by atoms with Gasteiger partial charge in [0.1, 0.15) is 34.6 Å². The molecule has 3 rings (SSSR count). The minimum absolute atomic E-state index is 0.0232. The van der Waals surface area contributed by atoms with E-state index in [2.05, 4.69) is 0 Å². The molecule has 0 bridgehead atoms. The molecule has 7 heteroatoms. The first-order chi connectivity index (χ1) is 14.4. The lowest BCUT2D eigenvalue weighted by atomic mass is 9.73. The Hall–Kier alpha value is -2.51. The summed E-state index contributed by atoms with van der Waals surface area (Å²) in [6.45, 7) is 6.58. The summed E-state index contributed by atoms with van der Waals surface area (Å²) in [5.74, 6) is -4.99. The molecule has 31 heavy (non-hydrogen) atoms. The third-order valence-corrected chi connectivity index (χ3v) is 5.67. The zero-order valence-corrected chi connectivity index (χ0v) is 18.1. The molecule has 1 heterocycles. The molecular formula is C24H25F3O4. The smallest absolute Gasteiger partial charge is 0.181 e. The number of benzene rings is 2. The predicted molar refractivity (Wildman–Crippen MR) is 109 cm³/mol. The Balaban J connectivity index is 2.14. The van der Waals surface area contributed by atoms with Crippen LogP contribution < -0.4 is 0 Å². The van der Waals surface area contributed by atoms with Gasteiger partial charge in [-0.05, 0) is 43.9 Å². The number of hydrogen-bond acceptors (Lipinski definition) is 4. The van der Waals surface area contributed by atoms with Crippen LogP contribution in [0.4, 0.5) is 13.2 Å². The standard InChI is InChI=1S/C24H25F3O4/c1-6-13-9-14(19-17(26)10-15(25)11-18(19)27)7-8-16(13)20-21(28)23(2,3)31-24(4,12-30-5)22(20)29/h7-11,20H,6,12H2,1-5H3. The maximum atomic E-state index is 14.3. The largest absolute Gasteiger partial charge is 0.381 e. The van der Waals surface area contributed by atoms with E-state index in [-0.39, 0.29) is 17.7 Å². The maximum Gasteiger partial charge on any atom is 0.181 e. The van der Waals surface area contributed by atoms with E-state index in [1.54, 1.807) is 20.8 Å². The number of hydrogen-bond donors (Lipinski definition) is 0. The minimum Gasteiger partial charge on any atom is -0.381 e. The van der Waals surface area contributed by atoms with E-state index in [0.29, 0.717) is 29.7 Å². The second-order valence-electron chi connectivity index (χ2n) is 8.45. The third kappa shape index (κ3) is 4.04. The van der Waals surface area contributed by atoms with E-state index < -0.39 is 46.1 Å². The molecule has 0 N–H and O–H groups in total. The highest BCUT2D eigenvalue weighted by Gasteiger charge is 2.55. The number of carbonyl (C=O) groups excluding carboxylic acids is 2. The van der Waals surface area contributed by atoms with Gasteiger partial charge in [-0.15, -0.1) is 0 Å². The van der Waals surface area contributed by atoms with Gasteiger partial charge in [-0.2, -0.15) is 0 Å². The van der Waals surface area contributed by atoms with Crippen LogP contribution in [-0.2, 0) is 25.5 Å². The van der Waals surface area contributed by atoms with Crippen LogP contribution in [-0.4, -0.2) is 36.5 Å². The molecule has 2 aromatic carbocycles. The van der Waals surface area contributed by atoms with Gasteiger partial charge < -0.3 is 9.47 Å². The maximum absolute atomic E-state index is 14.3. The number of halogens is 3. The van der Waals surface area contributed by atoms with Gasteiger partial charge in [-0.25, -0.2) is 13.2 Å². The average Bonchev–Trinajstić information content (AvgIpc) is 2.66. The molecule has 2 unspecified atom stereocenters. The molecule has 0 amide bonds. The van der Waals surface area contributed by atoms with Gasteiger partial charge in [0.2, 0.25) is 0 Å². The number of Topliss-reactive ketones (excluding diaryl/α,β-unsaturated/α-hetero) is 2. The Bertz CT molecular complexity index is 1020. The molecule has 1 aliphatic rings. The van der Waals surface area contributed by atoms with Gasteiger partial charge in [0.15, 0.2) is 11.6 Å². The molecule has 166 valence electrons. The molecule has 4 nitrogen and oxygen atoms in total.